The monoisotopic (exact) mass is 275 g/mol. The number of methoxy groups -OCH3 is 1. The molecule has 2 rings (SSSR count). The third kappa shape index (κ3) is 3.42. The van der Waals surface area contributed by atoms with Crippen LogP contribution in [0.3, 0.4) is 0 Å². The molecule has 1 aliphatic carbocycles. The molecule has 1 saturated carbocycles. The Labute approximate surface area is 123 Å². The normalized spacial score (nSPS) is 28.2. The maximum absolute atomic E-state index is 6.08. The Balaban J connectivity index is 2.24. The zero-order valence-corrected chi connectivity index (χ0v) is 13.2. The lowest BCUT2D eigenvalue weighted by atomic mass is 9.73. The van der Waals surface area contributed by atoms with Gasteiger partial charge in [-0.2, -0.15) is 0 Å². The van der Waals surface area contributed by atoms with Gasteiger partial charge in [-0.15, -0.1) is 0 Å². The average molecular weight is 275 g/mol. The van der Waals surface area contributed by atoms with E-state index in [0.717, 1.165) is 31.7 Å². The van der Waals surface area contributed by atoms with Crippen molar-refractivity contribution in [1.82, 2.24) is 5.32 Å². The van der Waals surface area contributed by atoms with Gasteiger partial charge >= 0.3 is 0 Å². The fourth-order valence-corrected chi connectivity index (χ4v) is 3.40. The Bertz CT molecular complexity index is 382. The van der Waals surface area contributed by atoms with Crippen LogP contribution in [-0.2, 0) is 4.74 Å². The van der Waals surface area contributed by atoms with Gasteiger partial charge in [0.2, 0.25) is 0 Å². The van der Waals surface area contributed by atoms with E-state index in [1.807, 2.05) is 7.11 Å². The zero-order chi connectivity index (χ0) is 14.4. The van der Waals surface area contributed by atoms with E-state index in [9.17, 15) is 0 Å². The Morgan fingerprint density at radius 1 is 1.25 bits per heavy atom. The molecule has 1 aliphatic rings. The highest BCUT2D eigenvalue weighted by molar-refractivity contribution is 5.23. The molecule has 1 unspecified atom stereocenters. The molecule has 112 valence electrons. The molecule has 0 aliphatic heterocycles. The number of ether oxygens (including phenoxy) is 1. The third-order valence-electron chi connectivity index (χ3n) is 4.78. The van der Waals surface area contributed by atoms with E-state index in [2.05, 4.69) is 49.5 Å². The van der Waals surface area contributed by atoms with Crippen LogP contribution in [0.5, 0.6) is 0 Å². The summed E-state index contributed by atoms with van der Waals surface area (Å²) in [5.74, 6) is 0.834. The molecule has 1 N–H and O–H groups in total. The quantitative estimate of drug-likeness (QED) is 0.834. The van der Waals surface area contributed by atoms with Crippen LogP contribution in [0.4, 0.5) is 0 Å². The number of hydrogen-bond acceptors (Lipinski definition) is 2. The van der Waals surface area contributed by atoms with Crippen LogP contribution in [-0.4, -0.2) is 19.3 Å². The van der Waals surface area contributed by atoms with Crippen LogP contribution in [0.1, 0.15) is 57.6 Å². The molecule has 0 saturated heterocycles. The molecule has 2 heteroatoms. The van der Waals surface area contributed by atoms with Crippen LogP contribution in [0.2, 0.25) is 0 Å². The molecular formula is C18H29NO. The highest BCUT2D eigenvalue weighted by Gasteiger charge is 2.41. The Morgan fingerprint density at radius 3 is 2.45 bits per heavy atom. The first-order valence-electron chi connectivity index (χ1n) is 8.05. The summed E-state index contributed by atoms with van der Waals surface area (Å²) in [5, 5.41) is 3.74. The minimum Gasteiger partial charge on any atom is -0.376 e. The van der Waals surface area contributed by atoms with Crippen molar-refractivity contribution in [3.05, 3.63) is 35.9 Å². The molecular weight excluding hydrogens is 246 g/mol. The third-order valence-corrected chi connectivity index (χ3v) is 4.78. The summed E-state index contributed by atoms with van der Waals surface area (Å²) < 4.78 is 6.08. The van der Waals surface area contributed by atoms with E-state index in [0.29, 0.717) is 6.04 Å². The van der Waals surface area contributed by atoms with Crippen LogP contribution in [0, 0.1) is 5.92 Å². The number of rotatable bonds is 6. The number of hydrogen-bond donors (Lipinski definition) is 1. The van der Waals surface area contributed by atoms with Gasteiger partial charge in [-0.25, -0.2) is 0 Å². The molecule has 0 heterocycles. The minimum absolute atomic E-state index is 0.0387. The Morgan fingerprint density at radius 2 is 1.90 bits per heavy atom. The summed E-state index contributed by atoms with van der Waals surface area (Å²) in [6, 6.07) is 11.1. The van der Waals surface area contributed by atoms with E-state index in [4.69, 9.17) is 4.74 Å². The summed E-state index contributed by atoms with van der Waals surface area (Å²) in [6.45, 7) is 5.62. The largest absolute Gasteiger partial charge is 0.376 e. The van der Waals surface area contributed by atoms with E-state index < -0.39 is 0 Å². The fraction of sp³-hybridized carbons (Fsp3) is 0.667. The molecule has 0 aromatic heterocycles. The van der Waals surface area contributed by atoms with Crippen LogP contribution >= 0.6 is 0 Å². The maximum Gasteiger partial charge on any atom is 0.0872 e. The van der Waals surface area contributed by atoms with Crippen molar-refractivity contribution in [2.45, 2.75) is 57.6 Å². The first kappa shape index (κ1) is 15.5. The lowest BCUT2D eigenvalue weighted by molar-refractivity contribution is -0.0760. The molecule has 1 atom stereocenters. The van der Waals surface area contributed by atoms with Gasteiger partial charge in [0.1, 0.15) is 0 Å². The number of nitrogens with one attached hydrogen (secondary N) is 1. The van der Waals surface area contributed by atoms with Gasteiger partial charge in [-0.1, -0.05) is 44.2 Å². The first-order valence-corrected chi connectivity index (χ1v) is 8.05. The van der Waals surface area contributed by atoms with E-state index in [1.165, 1.54) is 18.4 Å². The van der Waals surface area contributed by atoms with Gasteiger partial charge in [0, 0.05) is 7.11 Å². The summed E-state index contributed by atoms with van der Waals surface area (Å²) >= 11 is 0. The smallest absolute Gasteiger partial charge is 0.0872 e. The van der Waals surface area contributed by atoms with Crippen molar-refractivity contribution >= 4 is 0 Å². The summed E-state index contributed by atoms with van der Waals surface area (Å²) in [6.07, 6.45) is 6.00. The van der Waals surface area contributed by atoms with Crippen LogP contribution in [0.15, 0.2) is 30.3 Å². The molecule has 2 nitrogen and oxygen atoms in total. The van der Waals surface area contributed by atoms with E-state index >= 15 is 0 Å². The molecule has 1 fully saturated rings. The molecule has 1 aromatic carbocycles. The summed E-state index contributed by atoms with van der Waals surface area (Å²) in [5.41, 5.74) is 1.32. The second kappa shape index (κ2) is 7.24. The molecule has 0 radical (unpaired) electrons. The van der Waals surface area contributed by atoms with Crippen molar-refractivity contribution in [3.63, 3.8) is 0 Å². The van der Waals surface area contributed by atoms with Gasteiger partial charge in [-0.3, -0.25) is 0 Å². The van der Waals surface area contributed by atoms with Gasteiger partial charge < -0.3 is 10.1 Å². The summed E-state index contributed by atoms with van der Waals surface area (Å²) in [4.78, 5) is 0. The molecule has 0 bridgehead atoms. The first-order chi connectivity index (χ1) is 9.72. The van der Waals surface area contributed by atoms with Gasteiger partial charge in [0.15, 0.2) is 0 Å². The van der Waals surface area contributed by atoms with Gasteiger partial charge in [0.25, 0.3) is 0 Å². The topological polar surface area (TPSA) is 21.3 Å². The molecule has 1 aromatic rings. The second-order valence-corrected chi connectivity index (χ2v) is 6.25. The lowest BCUT2D eigenvalue weighted by Gasteiger charge is -2.44. The number of benzene rings is 1. The Kier molecular flexibility index (Phi) is 5.62. The molecule has 0 spiro atoms. The van der Waals surface area contributed by atoms with Crippen molar-refractivity contribution in [2.24, 2.45) is 5.92 Å². The standard InChI is InChI=1S/C18H29NO/c1-4-14-19-17(16-8-6-5-7-9-16)18(20-3)12-10-15(2)11-13-18/h5-9,15,17,19H,4,10-14H2,1-3H3. The second-order valence-electron chi connectivity index (χ2n) is 6.25. The Hall–Kier alpha value is -0.860. The highest BCUT2D eigenvalue weighted by Crippen LogP contribution is 2.42. The maximum atomic E-state index is 6.08. The van der Waals surface area contributed by atoms with Gasteiger partial charge in [0.05, 0.1) is 11.6 Å². The predicted octanol–water partition coefficient (Wildman–Crippen LogP) is 4.32. The summed E-state index contributed by atoms with van der Waals surface area (Å²) in [7, 11) is 1.89. The van der Waals surface area contributed by atoms with E-state index in [1.54, 1.807) is 0 Å². The van der Waals surface area contributed by atoms with Crippen molar-refractivity contribution in [3.8, 4) is 0 Å². The van der Waals surface area contributed by atoms with E-state index in [-0.39, 0.29) is 5.60 Å². The van der Waals surface area contributed by atoms with Crippen molar-refractivity contribution in [1.29, 1.82) is 0 Å². The lowest BCUT2D eigenvalue weighted by Crippen LogP contribution is -2.48. The minimum atomic E-state index is -0.0387. The van der Waals surface area contributed by atoms with Crippen molar-refractivity contribution in [2.75, 3.05) is 13.7 Å². The molecule has 0 amide bonds. The highest BCUT2D eigenvalue weighted by atomic mass is 16.5. The van der Waals surface area contributed by atoms with Crippen LogP contribution in [0.25, 0.3) is 0 Å². The van der Waals surface area contributed by atoms with Crippen LogP contribution < -0.4 is 5.32 Å². The fourth-order valence-electron chi connectivity index (χ4n) is 3.40. The average Bonchev–Trinajstić information content (AvgIpc) is 2.51. The molecule has 20 heavy (non-hydrogen) atoms. The van der Waals surface area contributed by atoms with Gasteiger partial charge in [-0.05, 0) is 50.1 Å². The zero-order valence-electron chi connectivity index (χ0n) is 13.2. The van der Waals surface area contributed by atoms with Crippen molar-refractivity contribution < 1.29 is 4.74 Å². The predicted molar refractivity (Wildman–Crippen MR) is 84.8 cm³/mol. The SMILES string of the molecule is CCCNC(c1ccccc1)C1(OC)CCC(C)CC1.